The number of methoxy groups -OCH3 is 2. The molecular formula is C22H32O3. The van der Waals surface area contributed by atoms with E-state index in [1.54, 1.807) is 14.2 Å². The molecule has 0 saturated heterocycles. The summed E-state index contributed by atoms with van der Waals surface area (Å²) in [7, 11) is 3.43. The maximum atomic E-state index is 12.8. The molecule has 3 rings (SSSR count). The van der Waals surface area contributed by atoms with Gasteiger partial charge in [0.1, 0.15) is 17.3 Å². The molecule has 2 aliphatic carbocycles. The minimum absolute atomic E-state index is 0.0999. The van der Waals surface area contributed by atoms with E-state index in [1.165, 1.54) is 5.56 Å². The summed E-state index contributed by atoms with van der Waals surface area (Å²) in [4.78, 5) is 12.8. The monoisotopic (exact) mass is 344 g/mol. The van der Waals surface area contributed by atoms with Gasteiger partial charge in [0, 0.05) is 11.8 Å². The molecule has 0 aromatic heterocycles. The Bertz CT molecular complexity index is 653. The Morgan fingerprint density at radius 3 is 2.60 bits per heavy atom. The summed E-state index contributed by atoms with van der Waals surface area (Å²) in [5, 5.41) is 0. The SMILES string of the molecule is COc1ccc(OC)c(C[C@]2(C)[C@H](C)CC[C@@]3(C)C(=O)CCC[C@@H]23)c1. The van der Waals surface area contributed by atoms with Gasteiger partial charge in [0.2, 0.25) is 0 Å². The largest absolute Gasteiger partial charge is 0.497 e. The van der Waals surface area contributed by atoms with Gasteiger partial charge in [-0.05, 0) is 73.1 Å². The fourth-order valence-corrected chi connectivity index (χ4v) is 5.55. The van der Waals surface area contributed by atoms with Crippen LogP contribution in [0.5, 0.6) is 11.5 Å². The molecule has 0 amide bonds. The molecule has 1 aromatic carbocycles. The van der Waals surface area contributed by atoms with Gasteiger partial charge in [0.25, 0.3) is 0 Å². The molecule has 4 atom stereocenters. The second kappa shape index (κ2) is 6.66. The van der Waals surface area contributed by atoms with Crippen molar-refractivity contribution in [2.45, 2.75) is 59.3 Å². The summed E-state index contributed by atoms with van der Waals surface area (Å²) in [6.07, 6.45) is 6.07. The minimum atomic E-state index is -0.147. The molecule has 138 valence electrons. The van der Waals surface area contributed by atoms with Crippen LogP contribution in [0.25, 0.3) is 0 Å². The lowest BCUT2D eigenvalue weighted by atomic mass is 9.46. The van der Waals surface area contributed by atoms with Gasteiger partial charge in [0.15, 0.2) is 0 Å². The summed E-state index contributed by atoms with van der Waals surface area (Å²) in [5.41, 5.74) is 1.15. The lowest BCUT2D eigenvalue weighted by Crippen LogP contribution is -2.54. The van der Waals surface area contributed by atoms with Gasteiger partial charge >= 0.3 is 0 Å². The number of rotatable bonds is 4. The fourth-order valence-electron chi connectivity index (χ4n) is 5.55. The third kappa shape index (κ3) is 2.96. The first-order valence-electron chi connectivity index (χ1n) is 9.59. The maximum absolute atomic E-state index is 12.8. The zero-order chi connectivity index (χ0) is 18.2. The first-order valence-corrected chi connectivity index (χ1v) is 9.59. The van der Waals surface area contributed by atoms with Crippen molar-refractivity contribution in [1.29, 1.82) is 0 Å². The van der Waals surface area contributed by atoms with E-state index in [-0.39, 0.29) is 10.8 Å². The van der Waals surface area contributed by atoms with E-state index in [0.29, 0.717) is 17.6 Å². The van der Waals surface area contributed by atoms with Crippen LogP contribution in [0.15, 0.2) is 18.2 Å². The number of ether oxygens (including phenoxy) is 2. The smallest absolute Gasteiger partial charge is 0.139 e. The molecule has 0 aliphatic heterocycles. The predicted octanol–water partition coefficient (Wildman–Crippen LogP) is 5.06. The van der Waals surface area contributed by atoms with Crippen LogP contribution in [0.1, 0.15) is 58.4 Å². The summed E-state index contributed by atoms with van der Waals surface area (Å²) in [6.45, 7) is 6.99. The van der Waals surface area contributed by atoms with Crippen LogP contribution in [-0.2, 0) is 11.2 Å². The van der Waals surface area contributed by atoms with E-state index in [4.69, 9.17) is 9.47 Å². The van der Waals surface area contributed by atoms with Gasteiger partial charge in [-0.3, -0.25) is 4.79 Å². The van der Waals surface area contributed by atoms with Gasteiger partial charge in [-0.15, -0.1) is 0 Å². The Morgan fingerprint density at radius 1 is 1.16 bits per heavy atom. The van der Waals surface area contributed by atoms with E-state index < -0.39 is 0 Å². The third-order valence-electron chi connectivity index (χ3n) is 7.38. The molecule has 3 nitrogen and oxygen atoms in total. The number of hydrogen-bond donors (Lipinski definition) is 0. The molecule has 0 heterocycles. The third-order valence-corrected chi connectivity index (χ3v) is 7.38. The molecule has 2 saturated carbocycles. The first-order chi connectivity index (χ1) is 11.8. The Hall–Kier alpha value is -1.51. The summed E-state index contributed by atoms with van der Waals surface area (Å²) in [6, 6.07) is 6.05. The van der Waals surface area contributed by atoms with Gasteiger partial charge < -0.3 is 9.47 Å². The second-order valence-electron chi connectivity index (χ2n) is 8.59. The summed E-state index contributed by atoms with van der Waals surface area (Å²) in [5.74, 6) is 3.31. The lowest BCUT2D eigenvalue weighted by Gasteiger charge is -2.57. The van der Waals surface area contributed by atoms with Crippen molar-refractivity contribution in [3.63, 3.8) is 0 Å². The predicted molar refractivity (Wildman–Crippen MR) is 100 cm³/mol. The van der Waals surface area contributed by atoms with Gasteiger partial charge in [-0.1, -0.05) is 20.8 Å². The van der Waals surface area contributed by atoms with Gasteiger partial charge in [-0.25, -0.2) is 0 Å². The normalized spacial score (nSPS) is 35.2. The van der Waals surface area contributed by atoms with Crippen LogP contribution in [0.4, 0.5) is 0 Å². The van der Waals surface area contributed by atoms with Crippen LogP contribution in [0.2, 0.25) is 0 Å². The molecule has 1 aromatic rings. The van der Waals surface area contributed by atoms with E-state index in [9.17, 15) is 4.79 Å². The van der Waals surface area contributed by atoms with Crippen molar-refractivity contribution < 1.29 is 14.3 Å². The highest BCUT2D eigenvalue weighted by Crippen LogP contribution is 2.60. The number of hydrogen-bond acceptors (Lipinski definition) is 3. The molecule has 3 heteroatoms. The highest BCUT2D eigenvalue weighted by molar-refractivity contribution is 5.85. The highest BCUT2D eigenvalue weighted by atomic mass is 16.5. The Kier molecular flexibility index (Phi) is 4.87. The van der Waals surface area contributed by atoms with E-state index in [2.05, 4.69) is 26.8 Å². The summed E-state index contributed by atoms with van der Waals surface area (Å²) < 4.78 is 11.1. The average molecular weight is 344 g/mol. The zero-order valence-electron chi connectivity index (χ0n) is 16.4. The molecule has 2 fully saturated rings. The maximum Gasteiger partial charge on any atom is 0.139 e. The van der Waals surface area contributed by atoms with Crippen LogP contribution in [0.3, 0.4) is 0 Å². The Balaban J connectivity index is 2.00. The number of carbonyl (C=O) groups excluding carboxylic acids is 1. The molecule has 25 heavy (non-hydrogen) atoms. The Labute approximate surface area is 152 Å². The standard InChI is InChI=1S/C22H32O3/c1-15-11-12-21(2)19(7-6-8-20(21)23)22(15,3)14-16-13-17(24-4)9-10-18(16)25-5/h9-10,13,15,19H,6-8,11-12,14H2,1-5H3/t15-,19-,21-,22-/m1/s1. The summed E-state index contributed by atoms with van der Waals surface area (Å²) >= 11 is 0. The fraction of sp³-hybridized carbons (Fsp3) is 0.682. The van der Waals surface area contributed by atoms with Gasteiger partial charge in [-0.2, -0.15) is 0 Å². The van der Waals surface area contributed by atoms with Crippen LogP contribution in [-0.4, -0.2) is 20.0 Å². The Morgan fingerprint density at radius 2 is 1.92 bits per heavy atom. The highest BCUT2D eigenvalue weighted by Gasteiger charge is 2.56. The van der Waals surface area contributed by atoms with Crippen molar-refractivity contribution in [2.24, 2.45) is 22.7 Å². The minimum Gasteiger partial charge on any atom is -0.497 e. The van der Waals surface area contributed by atoms with E-state index >= 15 is 0 Å². The second-order valence-corrected chi connectivity index (χ2v) is 8.59. The zero-order valence-corrected chi connectivity index (χ0v) is 16.4. The van der Waals surface area contributed by atoms with Crippen molar-refractivity contribution in [3.8, 4) is 11.5 Å². The number of benzene rings is 1. The average Bonchev–Trinajstić information content (AvgIpc) is 2.60. The molecule has 0 N–H and O–H groups in total. The van der Waals surface area contributed by atoms with Crippen LogP contribution >= 0.6 is 0 Å². The van der Waals surface area contributed by atoms with Crippen molar-refractivity contribution in [1.82, 2.24) is 0 Å². The number of fused-ring (bicyclic) bond motifs is 1. The molecular weight excluding hydrogens is 312 g/mol. The van der Waals surface area contributed by atoms with Crippen LogP contribution < -0.4 is 9.47 Å². The number of ketones is 1. The van der Waals surface area contributed by atoms with E-state index in [1.807, 2.05) is 12.1 Å². The number of carbonyl (C=O) groups is 1. The molecule has 0 bridgehead atoms. The van der Waals surface area contributed by atoms with Crippen molar-refractivity contribution in [2.75, 3.05) is 14.2 Å². The molecule has 0 radical (unpaired) electrons. The van der Waals surface area contributed by atoms with Crippen molar-refractivity contribution >= 4 is 5.78 Å². The van der Waals surface area contributed by atoms with Crippen LogP contribution in [0, 0.1) is 22.7 Å². The van der Waals surface area contributed by atoms with Gasteiger partial charge in [0.05, 0.1) is 14.2 Å². The quantitative estimate of drug-likeness (QED) is 0.766. The van der Waals surface area contributed by atoms with E-state index in [0.717, 1.165) is 50.0 Å². The lowest BCUT2D eigenvalue weighted by molar-refractivity contribution is -0.148. The number of Topliss-reactive ketones (excluding diaryl/α,β-unsaturated/α-hetero) is 1. The molecule has 0 spiro atoms. The van der Waals surface area contributed by atoms with Crippen molar-refractivity contribution in [3.05, 3.63) is 23.8 Å². The topological polar surface area (TPSA) is 35.5 Å². The molecule has 2 aliphatic rings. The first kappa shape index (κ1) is 18.3. The molecule has 0 unspecified atom stereocenters.